The maximum Gasteiger partial charge on any atom is 0.0481 e. The highest BCUT2D eigenvalue weighted by molar-refractivity contribution is 9.10. The average Bonchev–Trinajstić information content (AvgIpc) is 2.83. The van der Waals surface area contributed by atoms with Crippen LogP contribution < -0.4 is 5.32 Å². The number of aryl methyl sites for hydroxylation is 1. The maximum absolute atomic E-state index is 3.51. The molecule has 0 fully saturated rings. The van der Waals surface area contributed by atoms with Crippen molar-refractivity contribution in [2.75, 3.05) is 11.9 Å². The molecule has 20 heavy (non-hydrogen) atoms. The molecule has 3 aromatic rings. The second kappa shape index (κ2) is 5.71. The van der Waals surface area contributed by atoms with Gasteiger partial charge < -0.3 is 9.88 Å². The minimum atomic E-state index is 0.921. The Morgan fingerprint density at radius 3 is 2.80 bits per heavy atom. The summed E-state index contributed by atoms with van der Waals surface area (Å²) in [5, 5.41) is 4.77. The van der Waals surface area contributed by atoms with Crippen molar-refractivity contribution in [1.29, 1.82) is 0 Å². The molecule has 2 nitrogen and oxygen atoms in total. The van der Waals surface area contributed by atoms with Gasteiger partial charge in [0.2, 0.25) is 0 Å². The predicted octanol–water partition coefficient (Wildman–Crippen LogP) is 4.82. The van der Waals surface area contributed by atoms with Gasteiger partial charge in [-0.05, 0) is 42.8 Å². The van der Waals surface area contributed by atoms with Crippen molar-refractivity contribution in [3.05, 3.63) is 64.8 Å². The molecule has 0 bridgehead atoms. The van der Waals surface area contributed by atoms with Crippen LogP contribution in [0.4, 0.5) is 5.69 Å². The zero-order chi connectivity index (χ0) is 13.9. The van der Waals surface area contributed by atoms with Crippen LogP contribution in [0.2, 0.25) is 0 Å². The van der Waals surface area contributed by atoms with Gasteiger partial charge in [-0.2, -0.15) is 0 Å². The molecule has 1 heterocycles. The largest absolute Gasteiger partial charge is 0.383 e. The molecular formula is C17H17BrN2. The topological polar surface area (TPSA) is 17.0 Å². The Balaban J connectivity index is 1.70. The van der Waals surface area contributed by atoms with Crippen molar-refractivity contribution in [1.82, 2.24) is 4.57 Å². The molecule has 0 saturated carbocycles. The molecule has 1 N–H and O–H groups in total. The zero-order valence-corrected chi connectivity index (χ0v) is 13.0. The molecule has 0 saturated heterocycles. The van der Waals surface area contributed by atoms with Crippen LogP contribution in [0, 0.1) is 6.92 Å². The van der Waals surface area contributed by atoms with E-state index in [1.165, 1.54) is 22.2 Å². The second-order valence-corrected chi connectivity index (χ2v) is 5.87. The van der Waals surface area contributed by atoms with E-state index in [-0.39, 0.29) is 0 Å². The summed E-state index contributed by atoms with van der Waals surface area (Å²) < 4.78 is 3.41. The molecule has 3 heteroatoms. The monoisotopic (exact) mass is 328 g/mol. The lowest BCUT2D eigenvalue weighted by Crippen LogP contribution is -2.10. The highest BCUT2D eigenvalue weighted by Gasteiger charge is 2.01. The number of nitrogens with zero attached hydrogens (tertiary/aromatic N) is 1. The molecule has 0 atom stereocenters. The van der Waals surface area contributed by atoms with E-state index in [1.54, 1.807) is 0 Å². The highest BCUT2D eigenvalue weighted by atomic mass is 79.9. The van der Waals surface area contributed by atoms with Crippen molar-refractivity contribution in [3.8, 4) is 0 Å². The van der Waals surface area contributed by atoms with E-state index < -0.39 is 0 Å². The number of benzene rings is 2. The molecule has 0 radical (unpaired) electrons. The SMILES string of the molecule is Cc1ccccc1NCCn1ccc2cc(Br)ccc21. The van der Waals surface area contributed by atoms with E-state index in [0.29, 0.717) is 0 Å². The van der Waals surface area contributed by atoms with Gasteiger partial charge in [-0.1, -0.05) is 34.1 Å². The Hall–Kier alpha value is -1.74. The molecular weight excluding hydrogens is 312 g/mol. The Labute approximate surface area is 127 Å². The maximum atomic E-state index is 3.51. The van der Waals surface area contributed by atoms with Crippen LogP contribution in [0.3, 0.4) is 0 Å². The first-order valence-electron chi connectivity index (χ1n) is 6.78. The summed E-state index contributed by atoms with van der Waals surface area (Å²) in [7, 11) is 0. The number of fused-ring (bicyclic) bond motifs is 1. The third-order valence-corrected chi connectivity index (χ3v) is 4.04. The van der Waals surface area contributed by atoms with E-state index in [4.69, 9.17) is 0 Å². The van der Waals surface area contributed by atoms with E-state index in [9.17, 15) is 0 Å². The van der Waals surface area contributed by atoms with Crippen LogP contribution >= 0.6 is 15.9 Å². The summed E-state index contributed by atoms with van der Waals surface area (Å²) in [5.41, 5.74) is 3.78. The summed E-state index contributed by atoms with van der Waals surface area (Å²) in [6, 6.07) is 17.0. The van der Waals surface area contributed by atoms with Gasteiger partial charge in [0, 0.05) is 40.3 Å². The highest BCUT2D eigenvalue weighted by Crippen LogP contribution is 2.21. The predicted molar refractivity (Wildman–Crippen MR) is 89.3 cm³/mol. The summed E-state index contributed by atoms with van der Waals surface area (Å²) >= 11 is 3.51. The van der Waals surface area contributed by atoms with Crippen molar-refractivity contribution >= 4 is 32.5 Å². The molecule has 0 amide bonds. The van der Waals surface area contributed by atoms with Crippen molar-refractivity contribution in [2.45, 2.75) is 13.5 Å². The smallest absolute Gasteiger partial charge is 0.0481 e. The number of halogens is 1. The lowest BCUT2D eigenvalue weighted by molar-refractivity contribution is 0.757. The van der Waals surface area contributed by atoms with E-state index >= 15 is 0 Å². The van der Waals surface area contributed by atoms with Gasteiger partial charge in [-0.3, -0.25) is 0 Å². The zero-order valence-electron chi connectivity index (χ0n) is 11.4. The van der Waals surface area contributed by atoms with Crippen molar-refractivity contribution in [2.24, 2.45) is 0 Å². The summed E-state index contributed by atoms with van der Waals surface area (Å²) in [6.45, 7) is 4.01. The lowest BCUT2D eigenvalue weighted by Gasteiger charge is -2.10. The Kier molecular flexibility index (Phi) is 3.79. The van der Waals surface area contributed by atoms with Crippen LogP contribution in [0.25, 0.3) is 10.9 Å². The molecule has 0 aliphatic heterocycles. The Morgan fingerprint density at radius 1 is 1.10 bits per heavy atom. The Morgan fingerprint density at radius 2 is 1.95 bits per heavy atom. The van der Waals surface area contributed by atoms with Crippen LogP contribution in [0.5, 0.6) is 0 Å². The van der Waals surface area contributed by atoms with Crippen molar-refractivity contribution < 1.29 is 0 Å². The van der Waals surface area contributed by atoms with E-state index in [2.05, 4.69) is 87.5 Å². The van der Waals surface area contributed by atoms with Gasteiger partial charge in [0.15, 0.2) is 0 Å². The average molecular weight is 329 g/mol. The van der Waals surface area contributed by atoms with Gasteiger partial charge in [0.1, 0.15) is 0 Å². The van der Waals surface area contributed by atoms with Gasteiger partial charge >= 0.3 is 0 Å². The van der Waals surface area contributed by atoms with Crippen molar-refractivity contribution in [3.63, 3.8) is 0 Å². The molecule has 3 rings (SSSR count). The van der Waals surface area contributed by atoms with E-state index in [0.717, 1.165) is 17.6 Å². The summed E-state index contributed by atoms with van der Waals surface area (Å²) in [4.78, 5) is 0. The lowest BCUT2D eigenvalue weighted by atomic mass is 10.2. The fourth-order valence-corrected chi connectivity index (χ4v) is 2.83. The van der Waals surface area contributed by atoms with Gasteiger partial charge in [-0.15, -0.1) is 0 Å². The number of rotatable bonds is 4. The standard InChI is InChI=1S/C17H17BrN2/c1-13-4-2-3-5-16(13)19-9-11-20-10-8-14-12-15(18)6-7-17(14)20/h2-8,10,12,19H,9,11H2,1H3. The number of hydrogen-bond acceptors (Lipinski definition) is 1. The van der Waals surface area contributed by atoms with Gasteiger partial charge in [0.25, 0.3) is 0 Å². The molecule has 0 spiro atoms. The number of hydrogen-bond donors (Lipinski definition) is 1. The van der Waals surface area contributed by atoms with Crippen LogP contribution in [0.1, 0.15) is 5.56 Å². The fraction of sp³-hybridized carbons (Fsp3) is 0.176. The molecule has 102 valence electrons. The third kappa shape index (κ3) is 2.73. The summed E-state index contributed by atoms with van der Waals surface area (Å²) in [5.74, 6) is 0. The van der Waals surface area contributed by atoms with Gasteiger partial charge in [-0.25, -0.2) is 0 Å². The first-order chi connectivity index (χ1) is 9.74. The van der Waals surface area contributed by atoms with Crippen LogP contribution in [0.15, 0.2) is 59.2 Å². The third-order valence-electron chi connectivity index (χ3n) is 3.55. The van der Waals surface area contributed by atoms with E-state index in [1.807, 2.05) is 0 Å². The molecule has 0 unspecified atom stereocenters. The summed E-state index contributed by atoms with van der Waals surface area (Å²) in [6.07, 6.45) is 2.15. The second-order valence-electron chi connectivity index (χ2n) is 4.95. The van der Waals surface area contributed by atoms with Crippen LogP contribution in [-0.2, 0) is 6.54 Å². The number of anilines is 1. The molecule has 1 aromatic heterocycles. The Bertz CT molecular complexity index is 731. The molecule has 2 aromatic carbocycles. The normalized spacial score (nSPS) is 10.9. The minimum Gasteiger partial charge on any atom is -0.383 e. The molecule has 0 aliphatic rings. The number of para-hydroxylation sites is 1. The first-order valence-corrected chi connectivity index (χ1v) is 7.57. The van der Waals surface area contributed by atoms with Gasteiger partial charge in [0.05, 0.1) is 0 Å². The fourth-order valence-electron chi connectivity index (χ4n) is 2.45. The number of nitrogens with one attached hydrogen (secondary N) is 1. The number of aromatic nitrogens is 1. The van der Waals surface area contributed by atoms with Crippen LogP contribution in [-0.4, -0.2) is 11.1 Å². The first kappa shape index (κ1) is 13.3. The molecule has 0 aliphatic carbocycles. The quantitative estimate of drug-likeness (QED) is 0.726. The minimum absolute atomic E-state index is 0.921.